The van der Waals surface area contributed by atoms with Crippen LogP contribution in [-0.2, 0) is 16.4 Å². The molecule has 0 unspecified atom stereocenters. The van der Waals surface area contributed by atoms with Gasteiger partial charge >= 0.3 is 0 Å². The van der Waals surface area contributed by atoms with Gasteiger partial charge < -0.3 is 0 Å². The minimum Gasteiger partial charge on any atom is -0.250 e. The van der Waals surface area contributed by atoms with Gasteiger partial charge in [0.1, 0.15) is 0 Å². The zero-order valence-corrected chi connectivity index (χ0v) is 12.3. The molecule has 2 rings (SSSR count). The zero-order valence-electron chi connectivity index (χ0n) is 10.7. The van der Waals surface area contributed by atoms with Crippen LogP contribution in [0.1, 0.15) is 37.6 Å². The van der Waals surface area contributed by atoms with Crippen molar-refractivity contribution in [2.45, 2.75) is 45.1 Å². The second-order valence-electron chi connectivity index (χ2n) is 4.69. The fourth-order valence-electron chi connectivity index (χ4n) is 1.94. The average Bonchev–Trinajstić information content (AvgIpc) is 3.02. The van der Waals surface area contributed by atoms with Crippen LogP contribution in [0.5, 0.6) is 0 Å². The minimum absolute atomic E-state index is 0.256. The highest BCUT2D eigenvalue weighted by Crippen LogP contribution is 2.30. The lowest BCUT2D eigenvalue weighted by Crippen LogP contribution is -2.36. The molecule has 0 bridgehead atoms. The number of aromatic nitrogens is 1. The Kier molecular flexibility index (Phi) is 4.75. The first kappa shape index (κ1) is 14.0. The molecule has 18 heavy (non-hydrogen) atoms. The van der Waals surface area contributed by atoms with Gasteiger partial charge in [-0.2, -0.15) is 4.31 Å². The van der Waals surface area contributed by atoms with Gasteiger partial charge in [0.05, 0.1) is 10.8 Å². The topological polar surface area (TPSA) is 50.3 Å². The Labute approximate surface area is 113 Å². The number of nitrogens with zero attached hydrogens (tertiary/aromatic N) is 2. The van der Waals surface area contributed by atoms with E-state index in [0.717, 1.165) is 37.1 Å². The van der Waals surface area contributed by atoms with E-state index in [-0.39, 0.29) is 11.8 Å². The second-order valence-corrected chi connectivity index (χ2v) is 7.71. The molecule has 0 N–H and O–H groups in total. The molecule has 1 saturated carbocycles. The van der Waals surface area contributed by atoms with Crippen LogP contribution in [0.15, 0.2) is 11.6 Å². The van der Waals surface area contributed by atoms with Crippen LogP contribution >= 0.6 is 11.3 Å². The summed E-state index contributed by atoms with van der Waals surface area (Å²) >= 11 is 1.59. The molecular weight excluding hydrogens is 268 g/mol. The first-order valence-electron chi connectivity index (χ1n) is 6.51. The molecule has 0 amide bonds. The first-order valence-corrected chi connectivity index (χ1v) is 9.00. The largest absolute Gasteiger partial charge is 0.250 e. The molecule has 4 nitrogen and oxygen atoms in total. The lowest BCUT2D eigenvalue weighted by molar-refractivity contribution is 0.406. The van der Waals surface area contributed by atoms with E-state index < -0.39 is 10.0 Å². The van der Waals surface area contributed by atoms with Gasteiger partial charge in [-0.25, -0.2) is 13.4 Å². The average molecular weight is 288 g/mol. The van der Waals surface area contributed by atoms with Crippen molar-refractivity contribution in [1.82, 2.24) is 9.29 Å². The highest BCUT2D eigenvalue weighted by Gasteiger charge is 2.36. The van der Waals surface area contributed by atoms with Crippen molar-refractivity contribution in [3.8, 4) is 0 Å². The number of rotatable bonds is 8. The normalized spacial score (nSPS) is 16.3. The Morgan fingerprint density at radius 2 is 2.28 bits per heavy atom. The summed E-state index contributed by atoms with van der Waals surface area (Å²) in [6, 6.07) is 0.256. The Morgan fingerprint density at radius 3 is 2.83 bits per heavy atom. The predicted molar refractivity (Wildman–Crippen MR) is 74.2 cm³/mol. The SMILES string of the molecule is CCCCS(=O)(=O)N(CCc1nccs1)C1CC1. The molecular formula is C12H20N2O2S2. The third-order valence-electron chi connectivity index (χ3n) is 3.10. The second kappa shape index (κ2) is 6.12. The van der Waals surface area contributed by atoms with Gasteiger partial charge in [0.2, 0.25) is 10.0 Å². The number of hydrogen-bond donors (Lipinski definition) is 0. The van der Waals surface area contributed by atoms with E-state index in [2.05, 4.69) is 4.98 Å². The summed E-state index contributed by atoms with van der Waals surface area (Å²) in [5, 5.41) is 2.95. The summed E-state index contributed by atoms with van der Waals surface area (Å²) < 4.78 is 26.2. The van der Waals surface area contributed by atoms with E-state index in [0.29, 0.717) is 6.54 Å². The highest BCUT2D eigenvalue weighted by atomic mass is 32.2. The Bertz CT molecular complexity index is 452. The van der Waals surface area contributed by atoms with Crippen molar-refractivity contribution in [3.05, 3.63) is 16.6 Å². The first-order chi connectivity index (χ1) is 8.63. The van der Waals surface area contributed by atoms with Gasteiger partial charge in [-0.05, 0) is 19.3 Å². The number of sulfonamides is 1. The maximum Gasteiger partial charge on any atom is 0.214 e. The summed E-state index contributed by atoms with van der Waals surface area (Å²) in [6.45, 7) is 2.61. The van der Waals surface area contributed by atoms with Crippen molar-refractivity contribution in [2.75, 3.05) is 12.3 Å². The third-order valence-corrected chi connectivity index (χ3v) is 5.94. The number of unbranched alkanes of at least 4 members (excludes halogenated alkanes) is 1. The molecule has 0 radical (unpaired) electrons. The van der Waals surface area contributed by atoms with Gasteiger partial charge in [0.15, 0.2) is 0 Å². The van der Waals surface area contributed by atoms with Crippen molar-refractivity contribution >= 4 is 21.4 Å². The number of hydrogen-bond acceptors (Lipinski definition) is 4. The van der Waals surface area contributed by atoms with Crippen LogP contribution < -0.4 is 0 Å². The van der Waals surface area contributed by atoms with E-state index in [1.54, 1.807) is 21.8 Å². The summed E-state index contributed by atoms with van der Waals surface area (Å²) in [5.74, 6) is 0.290. The molecule has 0 spiro atoms. The van der Waals surface area contributed by atoms with Gasteiger partial charge in [0.25, 0.3) is 0 Å². The molecule has 1 aromatic rings. The van der Waals surface area contributed by atoms with Gasteiger partial charge in [-0.1, -0.05) is 13.3 Å². The van der Waals surface area contributed by atoms with Crippen LogP contribution in [0.3, 0.4) is 0 Å². The quantitative estimate of drug-likeness (QED) is 0.737. The van der Waals surface area contributed by atoms with Crippen LogP contribution in [0.4, 0.5) is 0 Å². The monoisotopic (exact) mass is 288 g/mol. The summed E-state index contributed by atoms with van der Waals surface area (Å²) in [6.07, 6.45) is 6.21. The predicted octanol–water partition coefficient (Wildman–Crippen LogP) is 2.28. The van der Waals surface area contributed by atoms with Crippen molar-refractivity contribution < 1.29 is 8.42 Å². The minimum atomic E-state index is -3.06. The standard InChI is InChI=1S/C12H20N2O2S2/c1-2-3-10-18(15,16)14(11-4-5-11)8-6-12-13-7-9-17-12/h7,9,11H,2-6,8,10H2,1H3. The van der Waals surface area contributed by atoms with Crippen molar-refractivity contribution in [1.29, 1.82) is 0 Å². The van der Waals surface area contributed by atoms with Crippen LogP contribution in [0.2, 0.25) is 0 Å². The zero-order chi connectivity index (χ0) is 13.0. The van der Waals surface area contributed by atoms with E-state index in [1.165, 1.54) is 0 Å². The Morgan fingerprint density at radius 1 is 1.50 bits per heavy atom. The van der Waals surface area contributed by atoms with Gasteiger partial charge in [0, 0.05) is 30.6 Å². The maximum atomic E-state index is 12.2. The van der Waals surface area contributed by atoms with E-state index in [9.17, 15) is 8.42 Å². The van der Waals surface area contributed by atoms with Gasteiger partial charge in [-0.3, -0.25) is 0 Å². The van der Waals surface area contributed by atoms with Crippen molar-refractivity contribution in [3.63, 3.8) is 0 Å². The fourth-order valence-corrected chi connectivity index (χ4v) is 4.47. The van der Waals surface area contributed by atoms with E-state index >= 15 is 0 Å². The summed E-state index contributed by atoms with van der Waals surface area (Å²) in [4.78, 5) is 4.21. The number of thiazole rings is 1. The third kappa shape index (κ3) is 3.76. The smallest absolute Gasteiger partial charge is 0.214 e. The molecule has 0 saturated heterocycles. The van der Waals surface area contributed by atoms with Crippen LogP contribution in [0, 0.1) is 0 Å². The lowest BCUT2D eigenvalue weighted by Gasteiger charge is -2.21. The molecule has 0 aromatic carbocycles. The molecule has 1 aliphatic rings. The molecule has 0 aliphatic heterocycles. The molecule has 1 fully saturated rings. The fraction of sp³-hybridized carbons (Fsp3) is 0.750. The van der Waals surface area contributed by atoms with E-state index in [1.807, 2.05) is 12.3 Å². The highest BCUT2D eigenvalue weighted by molar-refractivity contribution is 7.89. The summed E-state index contributed by atoms with van der Waals surface area (Å²) in [5.41, 5.74) is 0. The van der Waals surface area contributed by atoms with Crippen LogP contribution in [0.25, 0.3) is 0 Å². The molecule has 1 heterocycles. The Balaban J connectivity index is 1.95. The molecule has 6 heteroatoms. The van der Waals surface area contributed by atoms with E-state index in [4.69, 9.17) is 0 Å². The van der Waals surface area contributed by atoms with Crippen molar-refractivity contribution in [2.24, 2.45) is 0 Å². The summed E-state index contributed by atoms with van der Waals surface area (Å²) in [7, 11) is -3.06. The maximum absolute atomic E-state index is 12.2. The lowest BCUT2D eigenvalue weighted by atomic mass is 10.4. The molecule has 102 valence electrons. The van der Waals surface area contributed by atoms with Gasteiger partial charge in [-0.15, -0.1) is 11.3 Å². The van der Waals surface area contributed by atoms with Crippen LogP contribution in [-0.4, -0.2) is 36.0 Å². The Hall–Kier alpha value is -0.460. The molecule has 1 aliphatic carbocycles. The molecule has 0 atom stereocenters. The molecule has 1 aromatic heterocycles.